The van der Waals surface area contributed by atoms with Crippen molar-refractivity contribution in [3.8, 4) is 0 Å². The summed E-state index contributed by atoms with van der Waals surface area (Å²) in [6, 6.07) is 5.97. The van der Waals surface area contributed by atoms with Gasteiger partial charge in [0.25, 0.3) is 5.91 Å². The average molecular weight is 395 g/mol. The van der Waals surface area contributed by atoms with Gasteiger partial charge in [0.15, 0.2) is 0 Å². The van der Waals surface area contributed by atoms with Crippen molar-refractivity contribution in [2.24, 2.45) is 5.16 Å². The van der Waals surface area contributed by atoms with Crippen LogP contribution in [0.1, 0.15) is 18.4 Å². The molecule has 8 heteroatoms. The molecular weight excluding hydrogens is 379 g/mol. The molecule has 1 aliphatic rings. The van der Waals surface area contributed by atoms with Crippen LogP contribution in [-0.2, 0) is 16.2 Å². The number of hydrogen-bond donors (Lipinski definition) is 1. The minimum Gasteiger partial charge on any atom is -0.382 e. The van der Waals surface area contributed by atoms with Crippen LogP contribution in [0.4, 0.5) is 4.39 Å². The molecule has 2 aromatic rings. The Bertz CT molecular complexity index is 745. The Kier molecular flexibility index (Phi) is 5.24. The van der Waals surface area contributed by atoms with Crippen molar-refractivity contribution in [2.75, 3.05) is 6.54 Å². The molecule has 126 valence electrons. The van der Waals surface area contributed by atoms with E-state index in [1.807, 2.05) is 6.20 Å². The minimum atomic E-state index is -0.635. The number of aryl methyl sites for hydroxylation is 1. The third-order valence-electron chi connectivity index (χ3n) is 3.60. The van der Waals surface area contributed by atoms with Crippen LogP contribution in [-0.4, -0.2) is 34.0 Å². The highest BCUT2D eigenvalue weighted by atomic mass is 79.9. The summed E-state index contributed by atoms with van der Waals surface area (Å²) in [7, 11) is 0. The molecule has 0 saturated heterocycles. The van der Waals surface area contributed by atoms with E-state index in [0.29, 0.717) is 25.2 Å². The van der Waals surface area contributed by atoms with Crippen molar-refractivity contribution in [1.29, 1.82) is 0 Å². The van der Waals surface area contributed by atoms with E-state index in [1.54, 1.807) is 23.0 Å². The van der Waals surface area contributed by atoms with Gasteiger partial charge in [-0.2, -0.15) is 5.10 Å². The van der Waals surface area contributed by atoms with Crippen molar-refractivity contribution >= 4 is 27.5 Å². The largest absolute Gasteiger partial charge is 0.382 e. The second-order valence-corrected chi connectivity index (χ2v) is 6.32. The van der Waals surface area contributed by atoms with Crippen LogP contribution in [0.2, 0.25) is 0 Å². The molecule has 1 amide bonds. The molecular formula is C16H16BrFN4O2. The molecule has 1 atom stereocenters. The van der Waals surface area contributed by atoms with Gasteiger partial charge in [0.05, 0.1) is 16.4 Å². The quantitative estimate of drug-likeness (QED) is 0.765. The Morgan fingerprint density at radius 1 is 1.42 bits per heavy atom. The SMILES string of the molecule is O=C(NCCCn1cc(Br)cn1)C1CC(c2ccc(F)cc2)=NO1. The molecule has 0 aliphatic carbocycles. The lowest BCUT2D eigenvalue weighted by molar-refractivity contribution is -0.131. The molecule has 0 spiro atoms. The van der Waals surface area contributed by atoms with Crippen molar-refractivity contribution in [3.63, 3.8) is 0 Å². The summed E-state index contributed by atoms with van der Waals surface area (Å²) < 4.78 is 15.7. The van der Waals surface area contributed by atoms with Crippen LogP contribution in [0.25, 0.3) is 0 Å². The van der Waals surface area contributed by atoms with E-state index in [1.165, 1.54) is 12.1 Å². The Hall–Kier alpha value is -2.22. The number of carbonyl (C=O) groups is 1. The van der Waals surface area contributed by atoms with Crippen LogP contribution in [0.3, 0.4) is 0 Å². The Balaban J connectivity index is 1.41. The lowest BCUT2D eigenvalue weighted by Crippen LogP contribution is -2.35. The van der Waals surface area contributed by atoms with Crippen LogP contribution in [0.15, 0.2) is 46.3 Å². The van der Waals surface area contributed by atoms with Gasteiger partial charge in [0.2, 0.25) is 6.10 Å². The molecule has 0 saturated carbocycles. The summed E-state index contributed by atoms with van der Waals surface area (Å²) >= 11 is 3.33. The van der Waals surface area contributed by atoms with Gasteiger partial charge in [-0.15, -0.1) is 0 Å². The molecule has 3 rings (SSSR count). The summed E-state index contributed by atoms with van der Waals surface area (Å²) in [6.45, 7) is 1.25. The zero-order valence-corrected chi connectivity index (χ0v) is 14.4. The third kappa shape index (κ3) is 4.19. The molecule has 1 N–H and O–H groups in total. The Morgan fingerprint density at radius 2 is 2.21 bits per heavy atom. The van der Waals surface area contributed by atoms with Gasteiger partial charge < -0.3 is 10.2 Å². The van der Waals surface area contributed by atoms with E-state index in [2.05, 4.69) is 31.5 Å². The van der Waals surface area contributed by atoms with Gasteiger partial charge in [-0.25, -0.2) is 4.39 Å². The molecule has 0 bridgehead atoms. The number of nitrogens with one attached hydrogen (secondary N) is 1. The zero-order chi connectivity index (χ0) is 16.9. The Morgan fingerprint density at radius 3 is 2.92 bits per heavy atom. The van der Waals surface area contributed by atoms with Gasteiger partial charge >= 0.3 is 0 Å². The predicted octanol–water partition coefficient (Wildman–Crippen LogP) is 2.48. The molecule has 2 heterocycles. The fourth-order valence-corrected chi connectivity index (χ4v) is 2.69. The van der Waals surface area contributed by atoms with E-state index in [9.17, 15) is 9.18 Å². The summed E-state index contributed by atoms with van der Waals surface area (Å²) in [5.41, 5.74) is 1.41. The molecule has 24 heavy (non-hydrogen) atoms. The zero-order valence-electron chi connectivity index (χ0n) is 12.8. The van der Waals surface area contributed by atoms with Crippen molar-refractivity contribution in [3.05, 3.63) is 52.5 Å². The molecule has 1 aliphatic heterocycles. The fourth-order valence-electron chi connectivity index (χ4n) is 2.36. The summed E-state index contributed by atoms with van der Waals surface area (Å²) in [5.74, 6) is -0.505. The summed E-state index contributed by atoms with van der Waals surface area (Å²) in [6.07, 6.45) is 4.11. The first kappa shape index (κ1) is 16.6. The number of oxime groups is 1. The van der Waals surface area contributed by atoms with Gasteiger partial charge in [-0.3, -0.25) is 9.48 Å². The highest BCUT2D eigenvalue weighted by Crippen LogP contribution is 2.17. The van der Waals surface area contributed by atoms with Crippen LogP contribution >= 0.6 is 15.9 Å². The van der Waals surface area contributed by atoms with Crippen LogP contribution in [0.5, 0.6) is 0 Å². The van der Waals surface area contributed by atoms with Gasteiger partial charge in [0, 0.05) is 25.7 Å². The highest BCUT2D eigenvalue weighted by Gasteiger charge is 2.28. The average Bonchev–Trinajstić information content (AvgIpc) is 3.21. The topological polar surface area (TPSA) is 68.5 Å². The molecule has 0 radical (unpaired) electrons. The van der Waals surface area contributed by atoms with Crippen molar-refractivity contribution < 1.29 is 14.0 Å². The molecule has 6 nitrogen and oxygen atoms in total. The second kappa shape index (κ2) is 7.57. The van der Waals surface area contributed by atoms with E-state index in [4.69, 9.17) is 4.84 Å². The van der Waals surface area contributed by atoms with Crippen molar-refractivity contribution in [2.45, 2.75) is 25.5 Å². The van der Waals surface area contributed by atoms with Gasteiger partial charge in [0.1, 0.15) is 5.82 Å². The number of halogens is 2. The van der Waals surface area contributed by atoms with Crippen LogP contribution in [0, 0.1) is 5.82 Å². The third-order valence-corrected chi connectivity index (χ3v) is 4.01. The van der Waals surface area contributed by atoms with Gasteiger partial charge in [-0.1, -0.05) is 17.3 Å². The molecule has 0 fully saturated rings. The highest BCUT2D eigenvalue weighted by molar-refractivity contribution is 9.10. The summed E-state index contributed by atoms with van der Waals surface area (Å²) in [5, 5.41) is 10.9. The van der Waals surface area contributed by atoms with E-state index in [-0.39, 0.29) is 11.7 Å². The maximum atomic E-state index is 12.9. The first-order chi connectivity index (χ1) is 11.6. The summed E-state index contributed by atoms with van der Waals surface area (Å²) in [4.78, 5) is 17.3. The standard InChI is InChI=1S/C16H16BrFN4O2/c17-12-9-20-22(10-12)7-1-6-19-16(23)15-8-14(21-24-15)11-2-4-13(18)5-3-11/h2-5,9-10,15H,1,6-8H2,(H,19,23). The lowest BCUT2D eigenvalue weighted by atomic mass is 10.0. The first-order valence-electron chi connectivity index (χ1n) is 7.56. The molecule has 1 unspecified atom stereocenters. The molecule has 1 aromatic carbocycles. The van der Waals surface area contributed by atoms with Gasteiger partial charge in [-0.05, 0) is 40.0 Å². The van der Waals surface area contributed by atoms with E-state index < -0.39 is 6.10 Å². The number of carbonyl (C=O) groups excluding carboxylic acids is 1. The second-order valence-electron chi connectivity index (χ2n) is 5.41. The van der Waals surface area contributed by atoms with E-state index in [0.717, 1.165) is 16.5 Å². The van der Waals surface area contributed by atoms with Crippen LogP contribution < -0.4 is 5.32 Å². The van der Waals surface area contributed by atoms with E-state index >= 15 is 0 Å². The minimum absolute atomic E-state index is 0.197. The maximum Gasteiger partial charge on any atom is 0.264 e. The predicted molar refractivity (Wildman–Crippen MR) is 90.0 cm³/mol. The number of rotatable bonds is 6. The van der Waals surface area contributed by atoms with Crippen molar-refractivity contribution in [1.82, 2.24) is 15.1 Å². The number of benzene rings is 1. The number of hydrogen-bond acceptors (Lipinski definition) is 4. The normalized spacial score (nSPS) is 16.6. The maximum absolute atomic E-state index is 12.9. The number of nitrogens with zero attached hydrogens (tertiary/aromatic N) is 3. The molecule has 1 aromatic heterocycles. The lowest BCUT2D eigenvalue weighted by Gasteiger charge is -2.09. The fraction of sp³-hybridized carbons (Fsp3) is 0.312. The Labute approximate surface area is 146 Å². The monoisotopic (exact) mass is 394 g/mol. The smallest absolute Gasteiger partial charge is 0.264 e. The number of aromatic nitrogens is 2. The number of amides is 1. The first-order valence-corrected chi connectivity index (χ1v) is 8.35.